The molecule has 0 unspecified atom stereocenters. The Hall–Kier alpha value is -2.83. The highest BCUT2D eigenvalue weighted by Crippen LogP contribution is 2.17. The normalized spacial score (nSPS) is 11.0. The summed E-state index contributed by atoms with van der Waals surface area (Å²) in [7, 11) is 1.90. The number of imidazole rings is 1. The second kappa shape index (κ2) is 7.83. The topological polar surface area (TPSA) is 82.5 Å². The first-order valence-electron chi connectivity index (χ1n) is 7.94. The number of aromatic nitrogens is 2. The lowest BCUT2D eigenvalue weighted by Gasteiger charge is -2.19. The Labute approximate surface area is 147 Å². The molecule has 0 aliphatic rings. The van der Waals surface area contributed by atoms with Gasteiger partial charge in [-0.25, -0.2) is 4.98 Å². The van der Waals surface area contributed by atoms with Gasteiger partial charge in [0.05, 0.1) is 0 Å². The molecule has 134 valence electrons. The third-order valence-electron chi connectivity index (χ3n) is 3.15. The molecule has 7 heteroatoms. The summed E-state index contributed by atoms with van der Waals surface area (Å²) in [5.74, 6) is 0.499. The second-order valence-corrected chi connectivity index (χ2v) is 6.58. The minimum absolute atomic E-state index is 0.325. The molecule has 0 radical (unpaired) electrons. The van der Waals surface area contributed by atoms with Crippen molar-refractivity contribution in [2.75, 3.05) is 5.32 Å². The average Bonchev–Trinajstić information content (AvgIpc) is 2.89. The van der Waals surface area contributed by atoms with E-state index in [9.17, 15) is 9.59 Å². The van der Waals surface area contributed by atoms with Crippen molar-refractivity contribution in [1.29, 1.82) is 0 Å². The van der Waals surface area contributed by atoms with E-state index < -0.39 is 17.5 Å². The molecule has 1 aromatic carbocycles. The number of amides is 1. The number of anilines is 1. The van der Waals surface area contributed by atoms with Gasteiger partial charge in [0.2, 0.25) is 5.91 Å². The molecule has 7 nitrogen and oxygen atoms in total. The van der Waals surface area contributed by atoms with Crippen LogP contribution in [0.25, 0.3) is 0 Å². The first-order chi connectivity index (χ1) is 11.7. The van der Waals surface area contributed by atoms with Crippen LogP contribution in [0, 0.1) is 0 Å². The third kappa shape index (κ3) is 6.29. The Bertz CT molecular complexity index is 730. The van der Waals surface area contributed by atoms with Crippen LogP contribution >= 0.6 is 0 Å². The van der Waals surface area contributed by atoms with Gasteiger partial charge in [-0.1, -0.05) is 0 Å². The van der Waals surface area contributed by atoms with Crippen molar-refractivity contribution in [3.8, 4) is 5.75 Å². The highest BCUT2D eigenvalue weighted by atomic mass is 16.6. The van der Waals surface area contributed by atoms with Crippen LogP contribution < -0.4 is 10.1 Å². The number of benzene rings is 1. The lowest BCUT2D eigenvalue weighted by Crippen LogP contribution is -2.27. The number of nitrogens with one attached hydrogen (secondary N) is 1. The first-order valence-corrected chi connectivity index (χ1v) is 7.94. The largest absolute Gasteiger partial charge is 0.486 e. The SMILES string of the molecule is Cn1ccnc1COc1ccc(NC(=O)CC(=O)OC(C)(C)C)cc1. The molecule has 0 saturated heterocycles. The van der Waals surface area contributed by atoms with Gasteiger partial charge in [-0.05, 0) is 45.0 Å². The molecule has 0 aliphatic carbocycles. The number of esters is 1. The Kier molecular flexibility index (Phi) is 5.80. The standard InChI is InChI=1S/C18H23N3O4/c1-18(2,3)25-17(23)11-16(22)20-13-5-7-14(8-6-13)24-12-15-19-9-10-21(15)4/h5-10H,11-12H2,1-4H3,(H,20,22). The predicted molar refractivity (Wildman–Crippen MR) is 93.1 cm³/mol. The van der Waals surface area contributed by atoms with Gasteiger partial charge in [0.25, 0.3) is 0 Å². The molecule has 2 aromatic rings. The van der Waals surface area contributed by atoms with Crippen molar-refractivity contribution in [2.24, 2.45) is 7.05 Å². The van der Waals surface area contributed by atoms with Crippen molar-refractivity contribution in [3.05, 3.63) is 42.5 Å². The Balaban J connectivity index is 1.82. The fourth-order valence-electron chi connectivity index (χ4n) is 2.03. The molecular weight excluding hydrogens is 322 g/mol. The number of hydrogen-bond donors (Lipinski definition) is 1. The smallest absolute Gasteiger partial charge is 0.315 e. The molecule has 1 aromatic heterocycles. The minimum Gasteiger partial charge on any atom is -0.486 e. The molecular formula is C18H23N3O4. The van der Waals surface area contributed by atoms with E-state index in [1.54, 1.807) is 51.2 Å². The summed E-state index contributed by atoms with van der Waals surface area (Å²) >= 11 is 0. The van der Waals surface area contributed by atoms with Crippen LogP contribution in [0.4, 0.5) is 5.69 Å². The van der Waals surface area contributed by atoms with E-state index in [4.69, 9.17) is 9.47 Å². The Morgan fingerprint density at radius 3 is 2.44 bits per heavy atom. The molecule has 1 heterocycles. The van der Waals surface area contributed by atoms with E-state index in [2.05, 4.69) is 10.3 Å². The summed E-state index contributed by atoms with van der Waals surface area (Å²) in [6.07, 6.45) is 3.23. The highest BCUT2D eigenvalue weighted by molar-refractivity contribution is 6.01. The van der Waals surface area contributed by atoms with Crippen molar-refractivity contribution in [1.82, 2.24) is 9.55 Å². The van der Waals surface area contributed by atoms with E-state index >= 15 is 0 Å². The lowest BCUT2D eigenvalue weighted by molar-refractivity contribution is -0.155. The number of carbonyl (C=O) groups is 2. The number of carbonyl (C=O) groups excluding carboxylic acids is 2. The maximum atomic E-state index is 11.9. The summed E-state index contributed by atoms with van der Waals surface area (Å²) in [4.78, 5) is 27.7. The van der Waals surface area contributed by atoms with Crippen LogP contribution in [-0.4, -0.2) is 27.0 Å². The molecule has 0 saturated carbocycles. The molecule has 25 heavy (non-hydrogen) atoms. The number of hydrogen-bond acceptors (Lipinski definition) is 5. The van der Waals surface area contributed by atoms with Gasteiger partial charge in [-0.2, -0.15) is 0 Å². The quantitative estimate of drug-likeness (QED) is 0.643. The van der Waals surface area contributed by atoms with E-state index in [1.807, 2.05) is 17.8 Å². The van der Waals surface area contributed by atoms with Gasteiger partial charge in [0.1, 0.15) is 30.2 Å². The van der Waals surface area contributed by atoms with E-state index in [1.165, 1.54) is 0 Å². The highest BCUT2D eigenvalue weighted by Gasteiger charge is 2.18. The molecule has 0 spiro atoms. The zero-order valence-electron chi connectivity index (χ0n) is 14.9. The van der Waals surface area contributed by atoms with E-state index in [0.29, 0.717) is 18.0 Å². The van der Waals surface area contributed by atoms with Crippen LogP contribution in [-0.2, 0) is 28.0 Å². The molecule has 2 rings (SSSR count). The predicted octanol–water partition coefficient (Wildman–Crippen LogP) is 2.67. The lowest BCUT2D eigenvalue weighted by atomic mass is 10.2. The summed E-state index contributed by atoms with van der Waals surface area (Å²) < 4.78 is 12.6. The van der Waals surface area contributed by atoms with Crippen LogP contribution in [0.1, 0.15) is 33.0 Å². The van der Waals surface area contributed by atoms with Gasteiger partial charge in [-0.15, -0.1) is 0 Å². The molecule has 0 fully saturated rings. The third-order valence-corrected chi connectivity index (χ3v) is 3.15. The maximum absolute atomic E-state index is 11.9. The van der Waals surface area contributed by atoms with Gasteiger partial charge in [0.15, 0.2) is 0 Å². The Morgan fingerprint density at radius 1 is 1.20 bits per heavy atom. The van der Waals surface area contributed by atoms with Crippen LogP contribution in [0.5, 0.6) is 5.75 Å². The minimum atomic E-state index is -0.608. The monoisotopic (exact) mass is 345 g/mol. The summed E-state index contributed by atoms with van der Waals surface area (Å²) in [5, 5.41) is 2.65. The van der Waals surface area contributed by atoms with Gasteiger partial charge in [0, 0.05) is 25.1 Å². The van der Waals surface area contributed by atoms with Crippen molar-refractivity contribution in [2.45, 2.75) is 39.4 Å². The van der Waals surface area contributed by atoms with Crippen molar-refractivity contribution < 1.29 is 19.1 Å². The number of rotatable bonds is 6. The van der Waals surface area contributed by atoms with Gasteiger partial charge < -0.3 is 19.4 Å². The number of ether oxygens (including phenoxy) is 2. The summed E-state index contributed by atoms with van der Waals surface area (Å²) in [5.41, 5.74) is -0.0262. The summed E-state index contributed by atoms with van der Waals surface area (Å²) in [6.45, 7) is 5.62. The molecule has 0 aliphatic heterocycles. The number of aryl methyl sites for hydroxylation is 1. The average molecular weight is 345 g/mol. The first kappa shape index (κ1) is 18.5. The van der Waals surface area contributed by atoms with Gasteiger partial charge >= 0.3 is 5.97 Å². The van der Waals surface area contributed by atoms with Gasteiger partial charge in [-0.3, -0.25) is 9.59 Å². The van der Waals surface area contributed by atoms with Crippen LogP contribution in [0.3, 0.4) is 0 Å². The number of nitrogens with zero attached hydrogens (tertiary/aromatic N) is 2. The van der Waals surface area contributed by atoms with Crippen LogP contribution in [0.2, 0.25) is 0 Å². The van der Waals surface area contributed by atoms with E-state index in [0.717, 1.165) is 5.82 Å². The zero-order valence-corrected chi connectivity index (χ0v) is 14.9. The van der Waals surface area contributed by atoms with Crippen LogP contribution in [0.15, 0.2) is 36.7 Å². The van der Waals surface area contributed by atoms with Crippen molar-refractivity contribution >= 4 is 17.6 Å². The molecule has 1 amide bonds. The van der Waals surface area contributed by atoms with E-state index in [-0.39, 0.29) is 6.42 Å². The Morgan fingerprint density at radius 2 is 1.88 bits per heavy atom. The summed E-state index contributed by atoms with van der Waals surface area (Å²) in [6, 6.07) is 6.90. The maximum Gasteiger partial charge on any atom is 0.315 e. The zero-order chi connectivity index (χ0) is 18.4. The molecule has 1 N–H and O–H groups in total. The molecule has 0 atom stereocenters. The van der Waals surface area contributed by atoms with Crippen molar-refractivity contribution in [3.63, 3.8) is 0 Å². The second-order valence-electron chi connectivity index (χ2n) is 6.58. The fourth-order valence-corrected chi connectivity index (χ4v) is 2.03. The molecule has 0 bridgehead atoms. The fraction of sp³-hybridized carbons (Fsp3) is 0.389.